The zero-order valence-corrected chi connectivity index (χ0v) is 12.9. The van der Waals surface area contributed by atoms with Gasteiger partial charge in [0.15, 0.2) is 0 Å². The van der Waals surface area contributed by atoms with Crippen LogP contribution in [0.2, 0.25) is 0 Å². The molecule has 5 nitrogen and oxygen atoms in total. The van der Waals surface area contributed by atoms with Crippen LogP contribution in [0.4, 0.5) is 0 Å². The van der Waals surface area contributed by atoms with Gasteiger partial charge < -0.3 is 15.1 Å². The van der Waals surface area contributed by atoms with E-state index >= 15 is 0 Å². The first-order valence-electron chi connectivity index (χ1n) is 8.09. The summed E-state index contributed by atoms with van der Waals surface area (Å²) in [5, 5.41) is 18.7. The van der Waals surface area contributed by atoms with E-state index in [4.69, 9.17) is 5.11 Å². The molecule has 0 radical (unpaired) electrons. The number of nitrogens with zero attached hydrogens (tertiary/aromatic N) is 1. The molecule has 1 amide bonds. The molecule has 21 heavy (non-hydrogen) atoms. The van der Waals surface area contributed by atoms with Gasteiger partial charge in [-0.25, -0.2) is 0 Å². The van der Waals surface area contributed by atoms with Crippen molar-refractivity contribution in [2.45, 2.75) is 64.4 Å². The molecule has 2 aliphatic rings. The molecule has 5 heteroatoms. The highest BCUT2D eigenvalue weighted by molar-refractivity contribution is 5.78. The van der Waals surface area contributed by atoms with E-state index in [0.717, 1.165) is 38.5 Å². The molecule has 0 aromatic rings. The van der Waals surface area contributed by atoms with Crippen LogP contribution < -0.4 is 0 Å². The summed E-state index contributed by atoms with van der Waals surface area (Å²) in [6.07, 6.45) is 5.64. The van der Waals surface area contributed by atoms with Crippen molar-refractivity contribution >= 4 is 11.9 Å². The Morgan fingerprint density at radius 3 is 2.24 bits per heavy atom. The van der Waals surface area contributed by atoms with Crippen molar-refractivity contribution in [3.8, 4) is 0 Å². The molecule has 120 valence electrons. The number of carboxylic acids is 1. The van der Waals surface area contributed by atoms with Crippen molar-refractivity contribution in [1.82, 2.24) is 4.90 Å². The van der Waals surface area contributed by atoms with Crippen LogP contribution in [0.15, 0.2) is 0 Å². The number of hydrogen-bond acceptors (Lipinski definition) is 3. The highest BCUT2D eigenvalue weighted by Gasteiger charge is 2.39. The molecule has 1 aliphatic carbocycles. The molecular formula is C16H27NO4. The van der Waals surface area contributed by atoms with Crippen LogP contribution >= 0.6 is 0 Å². The van der Waals surface area contributed by atoms with Crippen molar-refractivity contribution < 1.29 is 19.8 Å². The fourth-order valence-electron chi connectivity index (χ4n) is 3.93. The average Bonchev–Trinajstić information content (AvgIpc) is 2.86. The van der Waals surface area contributed by atoms with Gasteiger partial charge in [-0.2, -0.15) is 0 Å². The third kappa shape index (κ3) is 4.19. The molecule has 1 saturated carbocycles. The van der Waals surface area contributed by atoms with E-state index in [1.807, 2.05) is 11.8 Å². The van der Waals surface area contributed by atoms with Gasteiger partial charge in [-0.15, -0.1) is 0 Å². The van der Waals surface area contributed by atoms with Crippen LogP contribution in [0.25, 0.3) is 0 Å². The van der Waals surface area contributed by atoms with E-state index in [9.17, 15) is 14.7 Å². The van der Waals surface area contributed by atoms with Gasteiger partial charge >= 0.3 is 5.97 Å². The number of aliphatic carboxylic acids is 1. The standard InChI is InChI=1S/C16H27NO4/c1-12(18)13-4-8-17(9-5-13)14(19)10-16(11-15(20)21)6-2-3-7-16/h12-13,18H,2-11H2,1H3,(H,20,21). The van der Waals surface area contributed by atoms with Gasteiger partial charge in [-0.3, -0.25) is 9.59 Å². The largest absolute Gasteiger partial charge is 0.481 e. The Morgan fingerprint density at radius 2 is 1.76 bits per heavy atom. The first kappa shape index (κ1) is 16.3. The number of carbonyl (C=O) groups excluding carboxylic acids is 1. The van der Waals surface area contributed by atoms with Crippen molar-refractivity contribution in [3.05, 3.63) is 0 Å². The summed E-state index contributed by atoms with van der Waals surface area (Å²) in [6, 6.07) is 0. The summed E-state index contributed by atoms with van der Waals surface area (Å²) in [5.74, 6) is -0.409. The van der Waals surface area contributed by atoms with Gasteiger partial charge in [0, 0.05) is 19.5 Å². The molecular weight excluding hydrogens is 270 g/mol. The predicted molar refractivity (Wildman–Crippen MR) is 78.8 cm³/mol. The molecule has 1 unspecified atom stereocenters. The summed E-state index contributed by atoms with van der Waals surface area (Å²) >= 11 is 0. The normalized spacial score (nSPS) is 24.0. The molecule has 2 N–H and O–H groups in total. The number of hydrogen-bond donors (Lipinski definition) is 2. The van der Waals surface area contributed by atoms with E-state index in [0.29, 0.717) is 19.5 Å². The molecule has 1 heterocycles. The number of aliphatic hydroxyl groups is 1. The Balaban J connectivity index is 1.90. The average molecular weight is 297 g/mol. The zero-order valence-electron chi connectivity index (χ0n) is 12.9. The first-order valence-corrected chi connectivity index (χ1v) is 8.09. The molecule has 1 atom stereocenters. The summed E-state index contributed by atoms with van der Waals surface area (Å²) in [7, 11) is 0. The van der Waals surface area contributed by atoms with E-state index in [1.165, 1.54) is 0 Å². The summed E-state index contributed by atoms with van der Waals surface area (Å²) in [5.41, 5.74) is -0.315. The highest BCUT2D eigenvalue weighted by atomic mass is 16.4. The van der Waals surface area contributed by atoms with Crippen LogP contribution in [0.1, 0.15) is 58.3 Å². The van der Waals surface area contributed by atoms with E-state index in [-0.39, 0.29) is 29.8 Å². The number of rotatable bonds is 5. The Morgan fingerprint density at radius 1 is 1.19 bits per heavy atom. The van der Waals surface area contributed by atoms with Crippen molar-refractivity contribution in [2.24, 2.45) is 11.3 Å². The lowest BCUT2D eigenvalue weighted by atomic mass is 9.79. The first-order chi connectivity index (χ1) is 9.92. The lowest BCUT2D eigenvalue weighted by Gasteiger charge is -2.36. The Labute approximate surface area is 126 Å². The number of aliphatic hydroxyl groups excluding tert-OH is 1. The van der Waals surface area contributed by atoms with Gasteiger partial charge in [0.25, 0.3) is 0 Å². The third-order valence-corrected chi connectivity index (χ3v) is 5.29. The Kier molecular flexibility index (Phi) is 5.25. The van der Waals surface area contributed by atoms with Crippen LogP contribution in [0.5, 0.6) is 0 Å². The van der Waals surface area contributed by atoms with E-state index in [1.54, 1.807) is 0 Å². The van der Waals surface area contributed by atoms with Crippen LogP contribution in [0, 0.1) is 11.3 Å². The molecule has 2 fully saturated rings. The second-order valence-corrected chi connectivity index (χ2v) is 6.91. The van der Waals surface area contributed by atoms with Crippen LogP contribution in [-0.2, 0) is 9.59 Å². The van der Waals surface area contributed by atoms with E-state index < -0.39 is 5.97 Å². The number of amides is 1. The highest BCUT2D eigenvalue weighted by Crippen LogP contribution is 2.44. The minimum Gasteiger partial charge on any atom is -0.481 e. The second-order valence-electron chi connectivity index (χ2n) is 6.91. The molecule has 0 aromatic carbocycles. The molecule has 0 spiro atoms. The molecule has 1 aliphatic heterocycles. The number of carboxylic acid groups (broad SMARTS) is 1. The molecule has 0 aromatic heterocycles. The fraction of sp³-hybridized carbons (Fsp3) is 0.875. The molecule has 1 saturated heterocycles. The van der Waals surface area contributed by atoms with Gasteiger partial charge in [0.2, 0.25) is 5.91 Å². The fourth-order valence-corrected chi connectivity index (χ4v) is 3.93. The third-order valence-electron chi connectivity index (χ3n) is 5.29. The summed E-state index contributed by atoms with van der Waals surface area (Å²) < 4.78 is 0. The van der Waals surface area contributed by atoms with Gasteiger partial charge in [-0.1, -0.05) is 12.8 Å². The topological polar surface area (TPSA) is 77.8 Å². The van der Waals surface area contributed by atoms with Crippen molar-refractivity contribution in [2.75, 3.05) is 13.1 Å². The van der Waals surface area contributed by atoms with Crippen molar-refractivity contribution in [3.63, 3.8) is 0 Å². The minimum absolute atomic E-state index is 0.0993. The maximum absolute atomic E-state index is 12.5. The minimum atomic E-state index is -0.794. The van der Waals surface area contributed by atoms with Gasteiger partial charge in [0.1, 0.15) is 0 Å². The summed E-state index contributed by atoms with van der Waals surface area (Å²) in [6.45, 7) is 3.19. The maximum Gasteiger partial charge on any atom is 0.303 e. The number of piperidine rings is 1. The van der Waals surface area contributed by atoms with Crippen LogP contribution in [-0.4, -0.2) is 46.2 Å². The predicted octanol–water partition coefficient (Wildman–Crippen LogP) is 2.03. The van der Waals surface area contributed by atoms with Crippen LogP contribution in [0.3, 0.4) is 0 Å². The zero-order chi connectivity index (χ0) is 15.5. The van der Waals surface area contributed by atoms with Gasteiger partial charge in [0.05, 0.1) is 12.5 Å². The molecule has 0 bridgehead atoms. The summed E-state index contributed by atoms with van der Waals surface area (Å²) in [4.78, 5) is 25.4. The lowest BCUT2D eigenvalue weighted by molar-refractivity contribution is -0.142. The van der Waals surface area contributed by atoms with Gasteiger partial charge in [-0.05, 0) is 43.9 Å². The number of likely N-dealkylation sites (tertiary alicyclic amines) is 1. The second kappa shape index (κ2) is 6.77. The van der Waals surface area contributed by atoms with Crippen molar-refractivity contribution in [1.29, 1.82) is 0 Å². The Bertz CT molecular complexity index is 380. The monoisotopic (exact) mass is 297 g/mol. The quantitative estimate of drug-likeness (QED) is 0.814. The SMILES string of the molecule is CC(O)C1CCN(C(=O)CC2(CC(=O)O)CCCC2)CC1. The lowest BCUT2D eigenvalue weighted by Crippen LogP contribution is -2.42. The Hall–Kier alpha value is -1.10. The number of carbonyl (C=O) groups is 2. The molecule has 2 rings (SSSR count). The maximum atomic E-state index is 12.5. The smallest absolute Gasteiger partial charge is 0.303 e. The van der Waals surface area contributed by atoms with E-state index in [2.05, 4.69) is 0 Å².